The summed E-state index contributed by atoms with van der Waals surface area (Å²) in [6.07, 6.45) is 6.45. The Bertz CT molecular complexity index is 1040. The summed E-state index contributed by atoms with van der Waals surface area (Å²) in [5, 5.41) is 12.1. The third kappa shape index (κ3) is 5.66. The van der Waals surface area contributed by atoms with Crippen LogP contribution in [0.25, 0.3) is 10.8 Å². The zero-order valence-corrected chi connectivity index (χ0v) is 18.8. The number of hydrogen-bond donors (Lipinski definition) is 3. The van der Waals surface area contributed by atoms with E-state index in [0.29, 0.717) is 18.5 Å². The van der Waals surface area contributed by atoms with Crippen molar-refractivity contribution < 1.29 is 4.79 Å². The molecule has 0 saturated heterocycles. The van der Waals surface area contributed by atoms with E-state index in [1.54, 1.807) is 6.20 Å². The number of anilines is 2. The number of amides is 2. The summed E-state index contributed by atoms with van der Waals surface area (Å²) in [6.45, 7) is 0.621. The van der Waals surface area contributed by atoms with Gasteiger partial charge in [-0.25, -0.2) is 9.78 Å². The molecule has 3 aromatic rings. The molecule has 2 aromatic carbocycles. The Morgan fingerprint density at radius 3 is 2.56 bits per heavy atom. The van der Waals surface area contributed by atoms with Gasteiger partial charge in [0.05, 0.1) is 0 Å². The molecule has 0 bridgehead atoms. The van der Waals surface area contributed by atoms with Crippen LogP contribution in [-0.4, -0.2) is 48.7 Å². The number of rotatable bonds is 7. The maximum atomic E-state index is 12.4. The van der Waals surface area contributed by atoms with Crippen molar-refractivity contribution in [3.63, 3.8) is 0 Å². The molecule has 7 heteroatoms. The van der Waals surface area contributed by atoms with Crippen LogP contribution in [0.4, 0.5) is 16.6 Å². The average molecular weight is 433 g/mol. The van der Waals surface area contributed by atoms with Crippen LogP contribution in [-0.2, 0) is 6.42 Å². The predicted octanol–water partition coefficient (Wildman–Crippen LogP) is 3.96. The Labute approximate surface area is 189 Å². The predicted molar refractivity (Wildman–Crippen MR) is 130 cm³/mol. The Morgan fingerprint density at radius 1 is 1.00 bits per heavy atom. The molecule has 168 valence electrons. The Kier molecular flexibility index (Phi) is 7.04. The minimum absolute atomic E-state index is 0.0799. The maximum Gasteiger partial charge on any atom is 0.315 e. The van der Waals surface area contributed by atoms with E-state index in [-0.39, 0.29) is 12.1 Å². The van der Waals surface area contributed by atoms with Gasteiger partial charge in [0, 0.05) is 38.9 Å². The van der Waals surface area contributed by atoms with Gasteiger partial charge in [0.2, 0.25) is 5.95 Å². The van der Waals surface area contributed by atoms with E-state index < -0.39 is 0 Å². The van der Waals surface area contributed by atoms with Crippen LogP contribution in [0.1, 0.15) is 31.2 Å². The van der Waals surface area contributed by atoms with E-state index in [9.17, 15) is 4.79 Å². The van der Waals surface area contributed by atoms with Crippen molar-refractivity contribution in [1.82, 2.24) is 20.6 Å². The molecule has 7 nitrogen and oxygen atoms in total. The number of nitrogens with zero attached hydrogens (tertiary/aromatic N) is 3. The van der Waals surface area contributed by atoms with Gasteiger partial charge in [-0.05, 0) is 54.5 Å². The smallest absolute Gasteiger partial charge is 0.315 e. The van der Waals surface area contributed by atoms with E-state index in [1.807, 2.05) is 25.1 Å². The van der Waals surface area contributed by atoms with E-state index in [4.69, 9.17) is 0 Å². The fourth-order valence-corrected chi connectivity index (χ4v) is 4.29. The fourth-order valence-electron chi connectivity index (χ4n) is 4.29. The third-order valence-electron chi connectivity index (χ3n) is 6.05. The first-order chi connectivity index (χ1) is 15.6. The first-order valence-corrected chi connectivity index (χ1v) is 11.4. The molecule has 1 aromatic heterocycles. The van der Waals surface area contributed by atoms with Crippen molar-refractivity contribution in [3.8, 4) is 0 Å². The highest BCUT2D eigenvalue weighted by Crippen LogP contribution is 2.22. The summed E-state index contributed by atoms with van der Waals surface area (Å²) >= 11 is 0. The molecule has 32 heavy (non-hydrogen) atoms. The van der Waals surface area contributed by atoms with Gasteiger partial charge in [0.1, 0.15) is 5.82 Å². The monoisotopic (exact) mass is 432 g/mol. The second-order valence-corrected chi connectivity index (χ2v) is 8.61. The molecule has 1 aliphatic rings. The van der Waals surface area contributed by atoms with Gasteiger partial charge in [-0.2, -0.15) is 4.98 Å². The van der Waals surface area contributed by atoms with Crippen LogP contribution >= 0.6 is 0 Å². The van der Waals surface area contributed by atoms with Gasteiger partial charge in [-0.3, -0.25) is 0 Å². The fraction of sp³-hybridized carbons (Fsp3) is 0.400. The quantitative estimate of drug-likeness (QED) is 0.526. The van der Waals surface area contributed by atoms with Gasteiger partial charge >= 0.3 is 6.03 Å². The van der Waals surface area contributed by atoms with Crippen molar-refractivity contribution in [2.45, 2.75) is 44.2 Å². The Morgan fingerprint density at radius 2 is 1.75 bits per heavy atom. The lowest BCUT2D eigenvalue weighted by molar-refractivity contribution is 0.232. The van der Waals surface area contributed by atoms with Crippen LogP contribution < -0.4 is 20.9 Å². The summed E-state index contributed by atoms with van der Waals surface area (Å²) in [4.78, 5) is 23.2. The summed E-state index contributed by atoms with van der Waals surface area (Å²) in [6, 6.07) is 17.1. The lowest BCUT2D eigenvalue weighted by atomic mass is 9.91. The molecule has 0 radical (unpaired) electrons. The van der Waals surface area contributed by atoms with Crippen molar-refractivity contribution in [3.05, 3.63) is 60.3 Å². The van der Waals surface area contributed by atoms with Gasteiger partial charge < -0.3 is 20.9 Å². The largest absolute Gasteiger partial charge is 0.363 e. The highest BCUT2D eigenvalue weighted by Gasteiger charge is 2.23. The number of aromatic nitrogens is 2. The SMILES string of the molecule is CN(C)c1ccnc(N[C@H]2CC[C@@H](NC(=O)NCCc3cccc4ccccc34)CC2)n1. The van der Waals surface area contributed by atoms with Crippen molar-refractivity contribution >= 4 is 28.6 Å². The van der Waals surface area contributed by atoms with E-state index in [1.165, 1.54) is 16.3 Å². The Balaban J connectivity index is 1.19. The molecule has 1 saturated carbocycles. The molecule has 1 heterocycles. The topological polar surface area (TPSA) is 82.2 Å². The first-order valence-electron chi connectivity index (χ1n) is 11.4. The van der Waals surface area contributed by atoms with Crippen LogP contribution in [0.2, 0.25) is 0 Å². The van der Waals surface area contributed by atoms with E-state index >= 15 is 0 Å². The number of benzene rings is 2. The molecule has 0 unspecified atom stereocenters. The van der Waals surface area contributed by atoms with E-state index in [2.05, 4.69) is 68.4 Å². The summed E-state index contributed by atoms with van der Waals surface area (Å²) in [7, 11) is 3.94. The standard InChI is InChI=1S/C25H32N6O/c1-31(2)23-15-17-26-24(30-23)28-20-10-12-21(13-11-20)29-25(32)27-16-14-19-8-5-7-18-6-3-4-9-22(18)19/h3-9,15,17,20-21H,10-14,16H2,1-2H3,(H,26,28,30)(H2,27,29,32)/t20-,21+. The Hall–Kier alpha value is -3.35. The molecule has 2 amide bonds. The number of carbonyl (C=O) groups is 1. The lowest BCUT2D eigenvalue weighted by Crippen LogP contribution is -2.45. The summed E-state index contributed by atoms with van der Waals surface area (Å²) in [5.74, 6) is 1.55. The van der Waals surface area contributed by atoms with Gasteiger partial charge in [-0.1, -0.05) is 42.5 Å². The van der Waals surface area contributed by atoms with Gasteiger partial charge in [0.15, 0.2) is 0 Å². The molecule has 4 rings (SSSR count). The highest BCUT2D eigenvalue weighted by molar-refractivity contribution is 5.85. The number of carbonyl (C=O) groups excluding carboxylic acids is 1. The van der Waals surface area contributed by atoms with Crippen LogP contribution in [0, 0.1) is 0 Å². The average Bonchev–Trinajstić information content (AvgIpc) is 2.81. The summed E-state index contributed by atoms with van der Waals surface area (Å²) in [5.41, 5.74) is 1.26. The van der Waals surface area contributed by atoms with Gasteiger partial charge in [0.25, 0.3) is 0 Å². The zero-order chi connectivity index (χ0) is 22.3. The maximum absolute atomic E-state index is 12.4. The van der Waals surface area contributed by atoms with Gasteiger partial charge in [-0.15, -0.1) is 0 Å². The van der Waals surface area contributed by atoms with Crippen molar-refractivity contribution in [1.29, 1.82) is 0 Å². The third-order valence-corrected chi connectivity index (χ3v) is 6.05. The summed E-state index contributed by atoms with van der Waals surface area (Å²) < 4.78 is 0. The molecule has 0 spiro atoms. The molecular weight excluding hydrogens is 400 g/mol. The normalized spacial score (nSPS) is 18.2. The molecule has 0 atom stereocenters. The molecule has 0 aliphatic heterocycles. The molecule has 1 aliphatic carbocycles. The highest BCUT2D eigenvalue weighted by atomic mass is 16.2. The zero-order valence-electron chi connectivity index (χ0n) is 18.8. The minimum atomic E-state index is -0.0799. The lowest BCUT2D eigenvalue weighted by Gasteiger charge is -2.29. The number of hydrogen-bond acceptors (Lipinski definition) is 5. The molecule has 1 fully saturated rings. The van der Waals surface area contributed by atoms with Crippen LogP contribution in [0.3, 0.4) is 0 Å². The number of fused-ring (bicyclic) bond motifs is 1. The number of nitrogens with one attached hydrogen (secondary N) is 3. The molecular formula is C25H32N6O. The van der Waals surface area contributed by atoms with Crippen molar-refractivity contribution in [2.75, 3.05) is 30.9 Å². The second kappa shape index (κ2) is 10.3. The van der Waals surface area contributed by atoms with Crippen LogP contribution in [0.5, 0.6) is 0 Å². The second-order valence-electron chi connectivity index (χ2n) is 8.61. The minimum Gasteiger partial charge on any atom is -0.363 e. The first kappa shape index (κ1) is 21.9. The van der Waals surface area contributed by atoms with Crippen LogP contribution in [0.15, 0.2) is 54.7 Å². The number of urea groups is 1. The van der Waals surface area contributed by atoms with Crippen molar-refractivity contribution in [2.24, 2.45) is 0 Å². The van der Waals surface area contributed by atoms with E-state index in [0.717, 1.165) is 37.9 Å². The molecule has 3 N–H and O–H groups in total.